The van der Waals surface area contributed by atoms with Crippen LogP contribution in [-0.2, 0) is 11.2 Å². The smallest absolute Gasteiger partial charge is 0.408 e. The Morgan fingerprint density at radius 2 is 1.79 bits per heavy atom. The molecule has 1 atom stereocenters. The molecule has 0 radical (unpaired) electrons. The number of nitrogens with one attached hydrogen (secondary N) is 1. The highest BCUT2D eigenvalue weighted by atomic mass is 32.1. The number of amides is 1. The summed E-state index contributed by atoms with van der Waals surface area (Å²) >= 11 is 1.54. The first-order valence-electron chi connectivity index (χ1n) is 11.6. The molecule has 0 saturated carbocycles. The number of carbonyl (C=O) groups is 1. The SMILES string of the molecule is CCOc1ccc(-c2nnc(-c3cccc4c3CC[C@@H]4NC(=O)OC(C)(C)C)s2)cc1OCC. The lowest BCUT2D eigenvalue weighted by Gasteiger charge is -2.22. The third kappa shape index (κ3) is 5.33. The zero-order valence-corrected chi connectivity index (χ0v) is 21.1. The van der Waals surface area contributed by atoms with Gasteiger partial charge in [-0.05, 0) is 76.8 Å². The topological polar surface area (TPSA) is 82.6 Å². The van der Waals surface area contributed by atoms with E-state index in [-0.39, 0.29) is 6.04 Å². The van der Waals surface area contributed by atoms with Crippen LogP contribution in [-0.4, -0.2) is 35.1 Å². The first kappa shape index (κ1) is 24.0. The van der Waals surface area contributed by atoms with Gasteiger partial charge in [0, 0.05) is 11.1 Å². The van der Waals surface area contributed by atoms with E-state index in [0.717, 1.165) is 45.3 Å². The van der Waals surface area contributed by atoms with Gasteiger partial charge in [0.25, 0.3) is 0 Å². The third-order valence-electron chi connectivity index (χ3n) is 5.41. The van der Waals surface area contributed by atoms with E-state index >= 15 is 0 Å². The molecular formula is C26H31N3O4S. The molecule has 180 valence electrons. The summed E-state index contributed by atoms with van der Waals surface area (Å²) in [5.41, 5.74) is 3.78. The number of ether oxygens (including phenoxy) is 3. The Bertz CT molecular complexity index is 1170. The van der Waals surface area contributed by atoms with Gasteiger partial charge in [0.15, 0.2) is 11.5 Å². The van der Waals surface area contributed by atoms with Gasteiger partial charge in [-0.3, -0.25) is 0 Å². The third-order valence-corrected chi connectivity index (χ3v) is 6.41. The van der Waals surface area contributed by atoms with Gasteiger partial charge in [0.2, 0.25) is 0 Å². The summed E-state index contributed by atoms with van der Waals surface area (Å²) in [4.78, 5) is 12.3. The molecule has 3 aromatic rings. The lowest BCUT2D eigenvalue weighted by atomic mass is 10.0. The standard InChI is InChI=1S/C26H31N3O4S/c1-6-31-21-14-11-16(15-22(21)32-7-2)23-28-29-24(34-23)19-10-8-9-18-17(19)12-13-20(18)27-25(30)33-26(3,4)5/h8-11,14-15,20H,6-7,12-13H2,1-5H3,(H,27,30)/t20-/m0/s1. The van der Waals surface area contributed by atoms with Gasteiger partial charge in [-0.1, -0.05) is 29.5 Å². The molecule has 1 N–H and O–H groups in total. The van der Waals surface area contributed by atoms with Crippen molar-refractivity contribution in [1.82, 2.24) is 15.5 Å². The predicted octanol–water partition coefficient (Wildman–Crippen LogP) is 6.18. The zero-order valence-electron chi connectivity index (χ0n) is 20.3. The molecule has 1 aliphatic rings. The molecule has 0 bridgehead atoms. The number of hydrogen-bond acceptors (Lipinski definition) is 7. The van der Waals surface area contributed by atoms with Gasteiger partial charge in [-0.25, -0.2) is 4.79 Å². The van der Waals surface area contributed by atoms with Crippen LogP contribution >= 0.6 is 11.3 Å². The molecule has 7 nitrogen and oxygen atoms in total. The lowest BCUT2D eigenvalue weighted by molar-refractivity contribution is 0.0503. The molecule has 1 aliphatic carbocycles. The van der Waals surface area contributed by atoms with Crippen molar-refractivity contribution >= 4 is 17.4 Å². The summed E-state index contributed by atoms with van der Waals surface area (Å²) in [6, 6.07) is 11.9. The van der Waals surface area contributed by atoms with Crippen molar-refractivity contribution in [1.29, 1.82) is 0 Å². The van der Waals surface area contributed by atoms with Crippen LogP contribution in [0.25, 0.3) is 21.1 Å². The second kappa shape index (κ2) is 10.0. The monoisotopic (exact) mass is 481 g/mol. The molecule has 34 heavy (non-hydrogen) atoms. The van der Waals surface area contributed by atoms with Gasteiger partial charge < -0.3 is 19.5 Å². The van der Waals surface area contributed by atoms with E-state index in [1.807, 2.05) is 58.9 Å². The van der Waals surface area contributed by atoms with Crippen LogP contribution in [0.15, 0.2) is 36.4 Å². The highest BCUT2D eigenvalue weighted by Gasteiger charge is 2.29. The summed E-state index contributed by atoms with van der Waals surface area (Å²) < 4.78 is 16.9. The maximum Gasteiger partial charge on any atom is 0.408 e. The van der Waals surface area contributed by atoms with Crippen molar-refractivity contribution in [3.05, 3.63) is 47.5 Å². The second-order valence-electron chi connectivity index (χ2n) is 9.05. The van der Waals surface area contributed by atoms with E-state index in [1.54, 1.807) is 11.3 Å². The van der Waals surface area contributed by atoms with Crippen molar-refractivity contribution in [3.63, 3.8) is 0 Å². The van der Waals surface area contributed by atoms with Gasteiger partial charge in [-0.2, -0.15) is 0 Å². The average Bonchev–Trinajstić information content (AvgIpc) is 3.42. The van der Waals surface area contributed by atoms with E-state index in [9.17, 15) is 4.79 Å². The van der Waals surface area contributed by atoms with E-state index < -0.39 is 11.7 Å². The molecule has 0 saturated heterocycles. The highest BCUT2D eigenvalue weighted by molar-refractivity contribution is 7.17. The van der Waals surface area contributed by atoms with Gasteiger partial charge in [0.05, 0.1) is 19.3 Å². The molecule has 1 aromatic heterocycles. The van der Waals surface area contributed by atoms with Crippen LogP contribution in [0.4, 0.5) is 4.79 Å². The molecule has 0 aliphatic heterocycles. The van der Waals surface area contributed by atoms with Gasteiger partial charge in [0.1, 0.15) is 15.6 Å². The van der Waals surface area contributed by atoms with Crippen LogP contribution in [0.2, 0.25) is 0 Å². The first-order chi connectivity index (χ1) is 16.3. The number of carbonyl (C=O) groups excluding carboxylic acids is 1. The lowest BCUT2D eigenvalue weighted by Crippen LogP contribution is -2.34. The average molecular weight is 482 g/mol. The van der Waals surface area contributed by atoms with Crippen LogP contribution < -0.4 is 14.8 Å². The minimum absolute atomic E-state index is 0.0722. The Morgan fingerprint density at radius 1 is 1.06 bits per heavy atom. The van der Waals surface area contributed by atoms with Crippen LogP contribution in [0.3, 0.4) is 0 Å². The van der Waals surface area contributed by atoms with Crippen molar-refractivity contribution in [2.75, 3.05) is 13.2 Å². The van der Waals surface area contributed by atoms with E-state index in [4.69, 9.17) is 14.2 Å². The fraction of sp³-hybridized carbons (Fsp3) is 0.423. The number of aromatic nitrogens is 2. The molecule has 8 heteroatoms. The summed E-state index contributed by atoms with van der Waals surface area (Å²) in [6.07, 6.45) is 1.29. The van der Waals surface area contributed by atoms with Crippen molar-refractivity contribution in [3.8, 4) is 32.6 Å². The summed E-state index contributed by atoms with van der Waals surface area (Å²) in [5, 5.41) is 13.6. The van der Waals surface area contributed by atoms with E-state index in [1.165, 1.54) is 5.56 Å². The fourth-order valence-corrected chi connectivity index (χ4v) is 4.98. The Balaban J connectivity index is 1.58. The molecular weight excluding hydrogens is 450 g/mol. The predicted molar refractivity (Wildman–Crippen MR) is 134 cm³/mol. The largest absolute Gasteiger partial charge is 0.490 e. The number of hydrogen-bond donors (Lipinski definition) is 1. The van der Waals surface area contributed by atoms with Gasteiger partial charge >= 0.3 is 6.09 Å². The number of benzene rings is 2. The fourth-order valence-electron chi connectivity index (χ4n) is 4.09. The number of alkyl carbamates (subject to hydrolysis) is 1. The minimum atomic E-state index is -0.529. The minimum Gasteiger partial charge on any atom is -0.490 e. The normalized spacial score (nSPS) is 15.0. The zero-order chi connectivity index (χ0) is 24.3. The number of nitrogens with zero attached hydrogens (tertiary/aromatic N) is 2. The molecule has 4 rings (SSSR count). The van der Waals surface area contributed by atoms with Crippen molar-refractivity contribution in [2.24, 2.45) is 0 Å². The van der Waals surface area contributed by atoms with Gasteiger partial charge in [-0.15, -0.1) is 10.2 Å². The summed E-state index contributed by atoms with van der Waals surface area (Å²) in [5.74, 6) is 1.43. The number of fused-ring (bicyclic) bond motifs is 1. The molecule has 0 unspecified atom stereocenters. The highest BCUT2D eigenvalue weighted by Crippen LogP contribution is 2.41. The molecule has 1 heterocycles. The van der Waals surface area contributed by atoms with E-state index in [0.29, 0.717) is 19.0 Å². The molecule has 0 fully saturated rings. The van der Waals surface area contributed by atoms with Crippen molar-refractivity contribution < 1.29 is 19.0 Å². The maximum atomic E-state index is 12.3. The molecule has 2 aromatic carbocycles. The van der Waals surface area contributed by atoms with E-state index in [2.05, 4.69) is 27.6 Å². The maximum absolute atomic E-state index is 12.3. The van der Waals surface area contributed by atoms with Crippen LogP contribution in [0.1, 0.15) is 58.2 Å². The summed E-state index contributed by atoms with van der Waals surface area (Å²) in [6.45, 7) is 10.6. The Morgan fingerprint density at radius 3 is 2.53 bits per heavy atom. The molecule has 1 amide bonds. The van der Waals surface area contributed by atoms with Crippen molar-refractivity contribution in [2.45, 2.75) is 59.1 Å². The first-order valence-corrected chi connectivity index (χ1v) is 12.5. The summed E-state index contributed by atoms with van der Waals surface area (Å²) in [7, 11) is 0. The quantitative estimate of drug-likeness (QED) is 0.434. The Kier molecular flexibility index (Phi) is 7.07. The number of rotatable bonds is 7. The Labute approximate surface area is 204 Å². The van der Waals surface area contributed by atoms with Crippen LogP contribution in [0, 0.1) is 0 Å². The van der Waals surface area contributed by atoms with Crippen LogP contribution in [0.5, 0.6) is 11.5 Å². The molecule has 0 spiro atoms. The second-order valence-corrected chi connectivity index (χ2v) is 10.0. The Hall–Kier alpha value is -3.13.